The molecule has 0 amide bonds. The van der Waals surface area contributed by atoms with E-state index in [2.05, 4.69) is 21.5 Å². The van der Waals surface area contributed by atoms with Crippen LogP contribution in [-0.2, 0) is 17.4 Å². The molecule has 0 bridgehead atoms. The standard InChI is InChI=1S/C23H15ClN2O2S/c24-19-8-2-6-18(12-19)14-22-23(27)20-13-16(9-10-21(20)26-29(22)28)4-1-5-17-7-3-11-25-15-17/h2-3,6-15,26H,5H2/b22-14+. The quantitative estimate of drug-likeness (QED) is 0.487. The van der Waals surface area contributed by atoms with Crippen LogP contribution >= 0.6 is 11.6 Å². The van der Waals surface area contributed by atoms with E-state index >= 15 is 0 Å². The van der Waals surface area contributed by atoms with E-state index in [0.717, 1.165) is 11.1 Å². The SMILES string of the molecule is O=C1/C(=C\c2cccc(Cl)c2)S(=O)Nc2ccc(C#CCc3cccnc3)cc21. The number of Topliss-reactive ketones (excluding diaryl/α,β-unsaturated/α-hetero) is 1. The lowest BCUT2D eigenvalue weighted by atomic mass is 10.0. The molecule has 3 aromatic rings. The van der Waals surface area contributed by atoms with E-state index in [4.69, 9.17) is 11.6 Å². The van der Waals surface area contributed by atoms with Crippen molar-refractivity contribution in [2.45, 2.75) is 6.42 Å². The third-order valence-corrected chi connectivity index (χ3v) is 5.63. The number of benzene rings is 2. The summed E-state index contributed by atoms with van der Waals surface area (Å²) in [5.41, 5.74) is 3.45. The van der Waals surface area contributed by atoms with Crippen molar-refractivity contribution < 1.29 is 9.00 Å². The van der Waals surface area contributed by atoms with Crippen LogP contribution in [0.4, 0.5) is 5.69 Å². The van der Waals surface area contributed by atoms with Gasteiger partial charge in [-0.3, -0.25) is 9.78 Å². The molecule has 4 nitrogen and oxygen atoms in total. The van der Waals surface area contributed by atoms with E-state index in [1.54, 1.807) is 60.9 Å². The Hall–Kier alpha value is -3.20. The highest BCUT2D eigenvalue weighted by molar-refractivity contribution is 7.91. The maximum absolute atomic E-state index is 13.0. The van der Waals surface area contributed by atoms with Gasteiger partial charge in [-0.05, 0) is 53.6 Å². The fourth-order valence-electron chi connectivity index (χ4n) is 2.89. The van der Waals surface area contributed by atoms with E-state index in [9.17, 15) is 9.00 Å². The van der Waals surface area contributed by atoms with Crippen molar-refractivity contribution in [3.8, 4) is 11.8 Å². The number of rotatable bonds is 2. The molecule has 0 saturated heterocycles. The number of hydrogen-bond donors (Lipinski definition) is 1. The normalized spacial score (nSPS) is 16.5. The molecule has 6 heteroatoms. The maximum Gasteiger partial charge on any atom is 0.205 e. The van der Waals surface area contributed by atoms with Crippen LogP contribution < -0.4 is 4.72 Å². The van der Waals surface area contributed by atoms with Crippen molar-refractivity contribution in [3.63, 3.8) is 0 Å². The highest BCUT2D eigenvalue weighted by Crippen LogP contribution is 2.29. The fourth-order valence-corrected chi connectivity index (χ4v) is 4.10. The lowest BCUT2D eigenvalue weighted by Gasteiger charge is -2.19. The Labute approximate surface area is 176 Å². The summed E-state index contributed by atoms with van der Waals surface area (Å²) in [6.45, 7) is 0. The third-order valence-electron chi connectivity index (χ3n) is 4.28. The van der Waals surface area contributed by atoms with Crippen LogP contribution in [0.15, 0.2) is 71.9 Å². The highest BCUT2D eigenvalue weighted by Gasteiger charge is 2.27. The van der Waals surface area contributed by atoms with Gasteiger partial charge in [0.05, 0.1) is 5.69 Å². The number of carbonyl (C=O) groups excluding carboxylic acids is 1. The first-order valence-corrected chi connectivity index (χ1v) is 10.4. The summed E-state index contributed by atoms with van der Waals surface area (Å²) in [5, 5.41) is 0.549. The number of ketones is 1. The minimum Gasteiger partial charge on any atom is -0.300 e. The van der Waals surface area contributed by atoms with Gasteiger partial charge in [0.1, 0.15) is 4.91 Å². The van der Waals surface area contributed by atoms with Crippen molar-refractivity contribution in [2.24, 2.45) is 0 Å². The van der Waals surface area contributed by atoms with Gasteiger partial charge < -0.3 is 4.72 Å². The second-order valence-electron chi connectivity index (χ2n) is 6.36. The van der Waals surface area contributed by atoms with Gasteiger partial charge in [0.2, 0.25) is 5.78 Å². The fraction of sp³-hybridized carbons (Fsp3) is 0.0435. The van der Waals surface area contributed by atoms with Gasteiger partial charge in [-0.15, -0.1) is 0 Å². The molecular formula is C23H15ClN2O2S. The number of halogens is 1. The van der Waals surface area contributed by atoms with Crippen molar-refractivity contribution >= 4 is 40.1 Å². The van der Waals surface area contributed by atoms with Crippen LogP contribution in [0.1, 0.15) is 27.0 Å². The largest absolute Gasteiger partial charge is 0.300 e. The minimum absolute atomic E-state index is 0.181. The molecule has 2 heterocycles. The van der Waals surface area contributed by atoms with Crippen LogP contribution in [0, 0.1) is 11.8 Å². The molecule has 29 heavy (non-hydrogen) atoms. The number of allylic oxidation sites excluding steroid dienone is 1. The average molecular weight is 419 g/mol. The molecule has 1 aromatic heterocycles. The van der Waals surface area contributed by atoms with E-state index in [0.29, 0.717) is 28.3 Å². The topological polar surface area (TPSA) is 59.1 Å². The third kappa shape index (κ3) is 4.45. The number of nitrogens with one attached hydrogen (secondary N) is 1. The number of carbonyl (C=O) groups is 1. The van der Waals surface area contributed by atoms with E-state index in [1.807, 2.05) is 12.1 Å². The van der Waals surface area contributed by atoms with Crippen molar-refractivity contribution in [1.29, 1.82) is 0 Å². The molecule has 1 aliphatic rings. The number of aromatic nitrogens is 1. The van der Waals surface area contributed by atoms with Crippen molar-refractivity contribution in [1.82, 2.24) is 4.98 Å². The average Bonchev–Trinajstić information content (AvgIpc) is 2.72. The monoisotopic (exact) mass is 418 g/mol. The second-order valence-corrected chi connectivity index (χ2v) is 7.98. The summed E-state index contributed by atoms with van der Waals surface area (Å²) in [7, 11) is -1.64. The number of pyridine rings is 1. The van der Waals surface area contributed by atoms with Gasteiger partial charge in [0.15, 0.2) is 11.0 Å². The zero-order chi connectivity index (χ0) is 20.2. The Morgan fingerprint density at radius 1 is 1.14 bits per heavy atom. The summed E-state index contributed by atoms with van der Waals surface area (Å²) in [5.74, 6) is 5.89. The lowest BCUT2D eigenvalue weighted by molar-refractivity contribution is 0.104. The summed E-state index contributed by atoms with van der Waals surface area (Å²) in [6, 6.07) is 16.1. The molecule has 1 atom stereocenters. The summed E-state index contributed by atoms with van der Waals surface area (Å²) in [6.07, 6.45) is 5.66. The molecule has 1 unspecified atom stereocenters. The molecule has 1 aliphatic heterocycles. The van der Waals surface area contributed by atoms with E-state index in [1.165, 1.54) is 0 Å². The van der Waals surface area contributed by atoms with Crippen LogP contribution in [0.5, 0.6) is 0 Å². The Kier molecular flexibility index (Phi) is 5.57. The molecule has 0 radical (unpaired) electrons. The number of hydrogen-bond acceptors (Lipinski definition) is 3. The van der Waals surface area contributed by atoms with Gasteiger partial charge in [-0.2, -0.15) is 0 Å². The van der Waals surface area contributed by atoms with Gasteiger partial charge in [-0.25, -0.2) is 4.21 Å². The highest BCUT2D eigenvalue weighted by atomic mass is 35.5. The van der Waals surface area contributed by atoms with Gasteiger partial charge in [-0.1, -0.05) is 41.6 Å². The van der Waals surface area contributed by atoms with E-state index < -0.39 is 11.0 Å². The Morgan fingerprint density at radius 3 is 2.83 bits per heavy atom. The van der Waals surface area contributed by atoms with E-state index in [-0.39, 0.29) is 10.7 Å². The first-order valence-electron chi connectivity index (χ1n) is 8.82. The molecular weight excluding hydrogens is 404 g/mol. The van der Waals surface area contributed by atoms with Gasteiger partial charge in [0.25, 0.3) is 0 Å². The van der Waals surface area contributed by atoms with Crippen LogP contribution in [-0.4, -0.2) is 15.0 Å². The van der Waals surface area contributed by atoms with Crippen molar-refractivity contribution in [3.05, 3.63) is 99.2 Å². The number of nitrogens with zero attached hydrogens (tertiary/aromatic N) is 1. The van der Waals surface area contributed by atoms with Crippen LogP contribution in [0.3, 0.4) is 0 Å². The number of fused-ring (bicyclic) bond motifs is 1. The van der Waals surface area contributed by atoms with Crippen LogP contribution in [0.2, 0.25) is 5.02 Å². The Morgan fingerprint density at radius 2 is 2.03 bits per heavy atom. The summed E-state index contributed by atoms with van der Waals surface area (Å²) < 4.78 is 15.4. The maximum atomic E-state index is 13.0. The molecule has 142 valence electrons. The predicted octanol–water partition coefficient (Wildman–Crippen LogP) is 4.64. The lowest BCUT2D eigenvalue weighted by Crippen LogP contribution is -2.22. The molecule has 4 rings (SSSR count). The first kappa shape index (κ1) is 19.1. The smallest absolute Gasteiger partial charge is 0.205 e. The molecule has 0 fully saturated rings. The minimum atomic E-state index is -1.64. The predicted molar refractivity (Wildman–Crippen MR) is 117 cm³/mol. The summed E-state index contributed by atoms with van der Waals surface area (Å²) in [4.78, 5) is 17.2. The zero-order valence-electron chi connectivity index (χ0n) is 15.2. The molecule has 0 saturated carbocycles. The first-order chi connectivity index (χ1) is 14.1. The molecule has 2 aromatic carbocycles. The zero-order valence-corrected chi connectivity index (χ0v) is 16.8. The molecule has 0 aliphatic carbocycles. The summed E-state index contributed by atoms with van der Waals surface area (Å²) >= 11 is 6.01. The molecule has 1 N–H and O–H groups in total. The van der Waals surface area contributed by atoms with Gasteiger partial charge >= 0.3 is 0 Å². The van der Waals surface area contributed by atoms with Crippen molar-refractivity contribution in [2.75, 3.05) is 4.72 Å². The molecule has 0 spiro atoms. The number of anilines is 1. The van der Waals surface area contributed by atoms with Gasteiger partial charge in [0, 0.05) is 35.0 Å². The Bertz CT molecular complexity index is 1210. The Balaban J connectivity index is 1.62. The van der Waals surface area contributed by atoms with Crippen LogP contribution in [0.25, 0.3) is 6.08 Å². The second kappa shape index (κ2) is 8.44.